The average molecular weight is 354 g/mol. The molecule has 3 atom stereocenters. The zero-order chi connectivity index (χ0) is 18.3. The van der Waals surface area contributed by atoms with Gasteiger partial charge < -0.3 is 5.11 Å². The molecule has 1 aromatic heterocycles. The van der Waals surface area contributed by atoms with Crippen molar-refractivity contribution in [1.29, 1.82) is 0 Å². The Bertz CT molecular complexity index is 757. The van der Waals surface area contributed by atoms with Crippen LogP contribution < -0.4 is 0 Å². The molecule has 2 aliphatic rings. The lowest BCUT2D eigenvalue weighted by Crippen LogP contribution is -2.54. The van der Waals surface area contributed by atoms with Gasteiger partial charge in [0.25, 0.3) is 0 Å². The topological polar surface area (TPSA) is 44.5 Å². The Morgan fingerprint density at radius 2 is 1.85 bits per heavy atom. The summed E-state index contributed by atoms with van der Waals surface area (Å²) < 4.78 is 2.14. The fraction of sp³-hybridized carbons (Fsp3) is 0.571. The van der Waals surface area contributed by atoms with Gasteiger partial charge in [-0.15, -0.1) is 0 Å². The van der Waals surface area contributed by atoms with Crippen LogP contribution in [0.5, 0.6) is 0 Å². The summed E-state index contributed by atoms with van der Waals surface area (Å²) in [5.41, 5.74) is 5.05. The van der Waals surface area contributed by atoms with E-state index in [0.29, 0.717) is 12.1 Å². The zero-order valence-electron chi connectivity index (χ0n) is 16.1. The molecule has 2 saturated heterocycles. The predicted molar refractivity (Wildman–Crippen MR) is 103 cm³/mol. The molecule has 0 saturated carbocycles. The highest BCUT2D eigenvalue weighted by atomic mass is 16.3. The summed E-state index contributed by atoms with van der Waals surface area (Å²) in [6.07, 6.45) is 0.762. The third kappa shape index (κ3) is 3.43. The van der Waals surface area contributed by atoms with E-state index in [1.54, 1.807) is 0 Å². The lowest BCUT2D eigenvalue weighted by atomic mass is 10.1. The molecule has 4 rings (SSSR count). The average Bonchev–Trinajstić information content (AvgIpc) is 3.09. The van der Waals surface area contributed by atoms with Gasteiger partial charge >= 0.3 is 0 Å². The highest BCUT2D eigenvalue weighted by Crippen LogP contribution is 2.27. The van der Waals surface area contributed by atoms with Crippen molar-refractivity contribution in [2.45, 2.75) is 58.5 Å². The van der Waals surface area contributed by atoms with Gasteiger partial charge in [-0.3, -0.25) is 14.5 Å². The normalized spacial score (nSPS) is 27.0. The number of hydrogen-bond donors (Lipinski definition) is 1. The molecule has 0 bridgehead atoms. The number of fused-ring (bicyclic) bond motifs is 1. The smallest absolute Gasteiger partial charge is 0.0682 e. The number of hydrogen-bond acceptors (Lipinski definition) is 4. The van der Waals surface area contributed by atoms with Crippen LogP contribution in [0, 0.1) is 13.8 Å². The minimum Gasteiger partial charge on any atom is -0.392 e. The number of piperazine rings is 1. The van der Waals surface area contributed by atoms with Crippen molar-refractivity contribution in [1.82, 2.24) is 19.6 Å². The van der Waals surface area contributed by atoms with E-state index < -0.39 is 0 Å². The molecule has 140 valence electrons. The molecule has 0 spiro atoms. The van der Waals surface area contributed by atoms with Crippen molar-refractivity contribution in [3.05, 3.63) is 52.8 Å². The van der Waals surface area contributed by atoms with E-state index in [-0.39, 0.29) is 6.10 Å². The molecule has 0 radical (unpaired) electrons. The number of benzene rings is 1. The summed E-state index contributed by atoms with van der Waals surface area (Å²) in [6.45, 7) is 11.3. The van der Waals surface area contributed by atoms with Gasteiger partial charge in [0, 0.05) is 49.5 Å². The SMILES string of the molecule is Cc1nn(Cc2ccccc2)c(C)c1CN1C[C@@H]2C[C@@H](O)CN2C[C@H]1C. The quantitative estimate of drug-likeness (QED) is 0.914. The summed E-state index contributed by atoms with van der Waals surface area (Å²) in [5.74, 6) is 0. The first-order chi connectivity index (χ1) is 12.5. The van der Waals surface area contributed by atoms with Gasteiger partial charge in [0.2, 0.25) is 0 Å². The Hall–Kier alpha value is -1.69. The van der Waals surface area contributed by atoms with Gasteiger partial charge in [-0.05, 0) is 32.8 Å². The second-order valence-corrected chi connectivity index (χ2v) is 8.07. The van der Waals surface area contributed by atoms with E-state index in [2.05, 4.69) is 65.6 Å². The minimum atomic E-state index is -0.149. The molecule has 1 aromatic carbocycles. The Labute approximate surface area is 156 Å². The predicted octanol–water partition coefficient (Wildman–Crippen LogP) is 2.19. The number of aliphatic hydroxyl groups is 1. The van der Waals surface area contributed by atoms with Crippen LogP contribution in [0.2, 0.25) is 0 Å². The van der Waals surface area contributed by atoms with Crippen molar-refractivity contribution in [3.63, 3.8) is 0 Å². The monoisotopic (exact) mass is 354 g/mol. The summed E-state index contributed by atoms with van der Waals surface area (Å²) in [6, 6.07) is 11.5. The van der Waals surface area contributed by atoms with Gasteiger partial charge in [-0.2, -0.15) is 5.10 Å². The van der Waals surface area contributed by atoms with Crippen LogP contribution in [0.3, 0.4) is 0 Å². The maximum Gasteiger partial charge on any atom is 0.0682 e. The van der Waals surface area contributed by atoms with E-state index in [1.807, 2.05) is 0 Å². The fourth-order valence-electron chi connectivity index (χ4n) is 4.57. The van der Waals surface area contributed by atoms with Crippen molar-refractivity contribution in [2.75, 3.05) is 19.6 Å². The van der Waals surface area contributed by atoms with E-state index in [9.17, 15) is 5.11 Å². The molecule has 5 nitrogen and oxygen atoms in total. The molecule has 2 aliphatic heterocycles. The van der Waals surface area contributed by atoms with Crippen LogP contribution >= 0.6 is 0 Å². The van der Waals surface area contributed by atoms with Gasteiger partial charge in [-0.25, -0.2) is 0 Å². The fourth-order valence-corrected chi connectivity index (χ4v) is 4.57. The second-order valence-electron chi connectivity index (χ2n) is 8.07. The van der Waals surface area contributed by atoms with Gasteiger partial charge in [0.15, 0.2) is 0 Å². The van der Waals surface area contributed by atoms with Crippen LogP contribution in [-0.2, 0) is 13.1 Å². The van der Waals surface area contributed by atoms with E-state index in [4.69, 9.17) is 5.10 Å². The molecule has 1 N–H and O–H groups in total. The summed E-state index contributed by atoms with van der Waals surface area (Å²) in [4.78, 5) is 5.04. The van der Waals surface area contributed by atoms with Gasteiger partial charge in [-0.1, -0.05) is 30.3 Å². The van der Waals surface area contributed by atoms with E-state index in [1.165, 1.54) is 16.8 Å². The maximum atomic E-state index is 9.98. The number of nitrogens with zero attached hydrogens (tertiary/aromatic N) is 4. The molecular formula is C21H30N4O. The third-order valence-electron chi connectivity index (χ3n) is 6.14. The molecule has 5 heteroatoms. The Kier molecular flexibility index (Phi) is 4.86. The highest BCUT2D eigenvalue weighted by Gasteiger charge is 2.38. The number of rotatable bonds is 4. The van der Waals surface area contributed by atoms with E-state index >= 15 is 0 Å². The number of aromatic nitrogens is 2. The first kappa shape index (κ1) is 17.7. The van der Waals surface area contributed by atoms with Crippen LogP contribution in [-0.4, -0.2) is 62.5 Å². The van der Waals surface area contributed by atoms with Crippen molar-refractivity contribution in [2.24, 2.45) is 0 Å². The first-order valence-electron chi connectivity index (χ1n) is 9.74. The minimum absolute atomic E-state index is 0.149. The Morgan fingerprint density at radius 3 is 2.62 bits per heavy atom. The highest BCUT2D eigenvalue weighted by molar-refractivity contribution is 5.26. The largest absolute Gasteiger partial charge is 0.392 e. The van der Waals surface area contributed by atoms with Crippen molar-refractivity contribution >= 4 is 0 Å². The molecule has 0 amide bonds. The third-order valence-corrected chi connectivity index (χ3v) is 6.14. The number of aliphatic hydroxyl groups excluding tert-OH is 1. The Morgan fingerprint density at radius 1 is 1.08 bits per heavy atom. The summed E-state index contributed by atoms with van der Waals surface area (Å²) in [7, 11) is 0. The Balaban J connectivity index is 1.49. The molecule has 0 unspecified atom stereocenters. The van der Waals surface area contributed by atoms with Gasteiger partial charge in [0.1, 0.15) is 0 Å². The molecule has 26 heavy (non-hydrogen) atoms. The first-order valence-corrected chi connectivity index (χ1v) is 9.74. The zero-order valence-corrected chi connectivity index (χ0v) is 16.1. The molecule has 2 fully saturated rings. The lowest BCUT2D eigenvalue weighted by molar-refractivity contribution is 0.0526. The number of aryl methyl sites for hydroxylation is 1. The van der Waals surface area contributed by atoms with Gasteiger partial charge in [0.05, 0.1) is 18.3 Å². The standard InChI is InChI=1S/C21H30N4O/c1-15-10-24-13-20(26)9-19(24)12-23(15)14-21-16(2)22-25(17(21)3)11-18-7-5-4-6-8-18/h4-8,15,19-20,26H,9-14H2,1-3H3/t15-,19+,20-/m1/s1. The van der Waals surface area contributed by atoms with Crippen molar-refractivity contribution < 1.29 is 5.11 Å². The second kappa shape index (κ2) is 7.14. The van der Waals surface area contributed by atoms with Crippen LogP contribution in [0.25, 0.3) is 0 Å². The van der Waals surface area contributed by atoms with E-state index in [0.717, 1.165) is 44.8 Å². The molecule has 2 aromatic rings. The summed E-state index contributed by atoms with van der Waals surface area (Å²) in [5, 5.41) is 14.8. The van der Waals surface area contributed by atoms with Crippen LogP contribution in [0.1, 0.15) is 35.9 Å². The maximum absolute atomic E-state index is 9.98. The molecule has 3 heterocycles. The van der Waals surface area contributed by atoms with Crippen LogP contribution in [0.15, 0.2) is 30.3 Å². The summed E-state index contributed by atoms with van der Waals surface area (Å²) >= 11 is 0. The van der Waals surface area contributed by atoms with Crippen LogP contribution in [0.4, 0.5) is 0 Å². The van der Waals surface area contributed by atoms with Crippen molar-refractivity contribution in [3.8, 4) is 0 Å². The molecule has 0 aliphatic carbocycles. The molecular weight excluding hydrogens is 324 g/mol. The lowest BCUT2D eigenvalue weighted by Gasteiger charge is -2.42.